The number of rotatable bonds is 2. The summed E-state index contributed by atoms with van der Waals surface area (Å²) in [6, 6.07) is 11.4. The van der Waals surface area contributed by atoms with Gasteiger partial charge >= 0.3 is 0 Å². The molecule has 0 aliphatic heterocycles. The van der Waals surface area contributed by atoms with Gasteiger partial charge in [-0.1, -0.05) is 35.9 Å². The minimum Gasteiger partial charge on any atom is -0.496 e. The third-order valence-electron chi connectivity index (χ3n) is 3.32. The second-order valence-corrected chi connectivity index (χ2v) is 4.96. The molecular weight excluding hydrogens is 291 g/mol. The molecule has 0 radical (unpaired) electrons. The highest BCUT2D eigenvalue weighted by atomic mass is 35.5. The SMILES string of the molecule is COc1ccc(-c2nc(C)c(F)c(Cl)n2)c2ccccc12. The molecule has 21 heavy (non-hydrogen) atoms. The van der Waals surface area contributed by atoms with Crippen LogP contribution in [-0.4, -0.2) is 17.1 Å². The number of ether oxygens (including phenoxy) is 1. The first-order chi connectivity index (χ1) is 10.1. The number of benzene rings is 2. The van der Waals surface area contributed by atoms with Gasteiger partial charge in [0.15, 0.2) is 16.8 Å². The highest BCUT2D eigenvalue weighted by molar-refractivity contribution is 6.29. The van der Waals surface area contributed by atoms with Gasteiger partial charge in [-0.3, -0.25) is 0 Å². The number of hydrogen-bond acceptors (Lipinski definition) is 3. The summed E-state index contributed by atoms with van der Waals surface area (Å²) >= 11 is 5.83. The molecular formula is C16H12ClFN2O. The standard InChI is InChI=1S/C16H12ClFN2O/c1-9-14(18)15(17)20-16(19-9)12-7-8-13(21-2)11-6-4-3-5-10(11)12/h3-8H,1-2H3. The molecule has 0 bridgehead atoms. The minimum absolute atomic E-state index is 0.169. The van der Waals surface area contributed by atoms with Crippen molar-refractivity contribution in [2.75, 3.05) is 7.11 Å². The van der Waals surface area contributed by atoms with Gasteiger partial charge < -0.3 is 4.74 Å². The van der Waals surface area contributed by atoms with Crippen molar-refractivity contribution >= 4 is 22.4 Å². The molecule has 0 spiro atoms. The van der Waals surface area contributed by atoms with Gasteiger partial charge in [-0.25, -0.2) is 14.4 Å². The number of methoxy groups -OCH3 is 1. The molecule has 0 N–H and O–H groups in total. The van der Waals surface area contributed by atoms with Crippen molar-refractivity contribution in [3.8, 4) is 17.1 Å². The van der Waals surface area contributed by atoms with Crippen molar-refractivity contribution in [2.24, 2.45) is 0 Å². The second kappa shape index (κ2) is 5.30. The predicted octanol–water partition coefficient (Wildman–Crippen LogP) is 4.41. The Morgan fingerprint density at radius 1 is 1.05 bits per heavy atom. The molecule has 0 saturated heterocycles. The van der Waals surface area contributed by atoms with Crippen LogP contribution in [0.3, 0.4) is 0 Å². The zero-order valence-electron chi connectivity index (χ0n) is 11.5. The summed E-state index contributed by atoms with van der Waals surface area (Å²) < 4.78 is 18.9. The number of aryl methyl sites for hydroxylation is 1. The van der Waals surface area contributed by atoms with Crippen molar-refractivity contribution in [2.45, 2.75) is 6.92 Å². The maximum Gasteiger partial charge on any atom is 0.181 e. The number of fused-ring (bicyclic) bond motifs is 1. The van der Waals surface area contributed by atoms with Crippen LogP contribution >= 0.6 is 11.6 Å². The zero-order chi connectivity index (χ0) is 15.0. The Bertz CT molecular complexity index is 813. The van der Waals surface area contributed by atoms with Crippen LogP contribution in [0.2, 0.25) is 5.15 Å². The number of hydrogen-bond donors (Lipinski definition) is 0. The highest BCUT2D eigenvalue weighted by Crippen LogP contribution is 2.33. The molecule has 1 heterocycles. The lowest BCUT2D eigenvalue weighted by molar-refractivity contribution is 0.420. The minimum atomic E-state index is -0.585. The molecule has 3 aromatic rings. The zero-order valence-corrected chi connectivity index (χ0v) is 12.3. The van der Waals surface area contributed by atoms with Gasteiger partial charge in [-0.05, 0) is 24.4 Å². The topological polar surface area (TPSA) is 35.0 Å². The average Bonchev–Trinajstić information content (AvgIpc) is 2.51. The fraction of sp³-hybridized carbons (Fsp3) is 0.125. The maximum atomic E-state index is 13.6. The molecule has 0 amide bonds. The Morgan fingerprint density at radius 3 is 2.43 bits per heavy atom. The maximum absolute atomic E-state index is 13.6. The largest absolute Gasteiger partial charge is 0.496 e. The van der Waals surface area contributed by atoms with E-state index in [9.17, 15) is 4.39 Å². The van der Waals surface area contributed by atoms with Gasteiger partial charge in [-0.15, -0.1) is 0 Å². The van der Waals surface area contributed by atoms with Gasteiger partial charge in [0.25, 0.3) is 0 Å². The van der Waals surface area contributed by atoms with E-state index in [0.717, 1.165) is 22.1 Å². The van der Waals surface area contributed by atoms with Gasteiger partial charge in [-0.2, -0.15) is 0 Å². The molecule has 106 valence electrons. The van der Waals surface area contributed by atoms with Gasteiger partial charge in [0.2, 0.25) is 0 Å². The van der Waals surface area contributed by atoms with Crippen molar-refractivity contribution in [3.63, 3.8) is 0 Å². The van der Waals surface area contributed by atoms with Crippen LogP contribution in [0, 0.1) is 12.7 Å². The van der Waals surface area contributed by atoms with Crippen molar-refractivity contribution in [3.05, 3.63) is 53.1 Å². The molecule has 5 heteroatoms. The molecule has 1 aromatic heterocycles. The van der Waals surface area contributed by atoms with E-state index in [1.54, 1.807) is 14.0 Å². The van der Waals surface area contributed by atoms with Crippen molar-refractivity contribution in [1.82, 2.24) is 9.97 Å². The Labute approximate surface area is 126 Å². The van der Waals surface area contributed by atoms with Crippen LogP contribution < -0.4 is 4.74 Å². The second-order valence-electron chi connectivity index (χ2n) is 4.60. The molecule has 0 unspecified atom stereocenters. The smallest absolute Gasteiger partial charge is 0.181 e. The highest BCUT2D eigenvalue weighted by Gasteiger charge is 2.14. The van der Waals surface area contributed by atoms with E-state index >= 15 is 0 Å². The van der Waals surface area contributed by atoms with E-state index in [2.05, 4.69) is 9.97 Å². The lowest BCUT2D eigenvalue weighted by Crippen LogP contribution is -1.98. The first-order valence-corrected chi connectivity index (χ1v) is 6.75. The van der Waals surface area contributed by atoms with Crippen LogP contribution in [0.1, 0.15) is 5.69 Å². The summed E-state index contributed by atoms with van der Waals surface area (Å²) in [7, 11) is 1.62. The average molecular weight is 303 g/mol. The van der Waals surface area contributed by atoms with Crippen LogP contribution in [0.15, 0.2) is 36.4 Å². The number of halogens is 2. The molecule has 0 fully saturated rings. The quantitative estimate of drug-likeness (QED) is 0.658. The third kappa shape index (κ3) is 2.32. The molecule has 2 aromatic carbocycles. The molecule has 0 saturated carbocycles. The first kappa shape index (κ1) is 13.8. The Hall–Kier alpha value is -2.20. The lowest BCUT2D eigenvalue weighted by Gasteiger charge is -2.10. The van der Waals surface area contributed by atoms with E-state index in [0.29, 0.717) is 5.82 Å². The molecule has 3 nitrogen and oxygen atoms in total. The van der Waals surface area contributed by atoms with Gasteiger partial charge in [0, 0.05) is 10.9 Å². The summed E-state index contributed by atoms with van der Waals surface area (Å²) in [6.45, 7) is 1.57. The van der Waals surface area contributed by atoms with E-state index < -0.39 is 5.82 Å². The monoisotopic (exact) mass is 302 g/mol. The van der Waals surface area contributed by atoms with E-state index in [4.69, 9.17) is 16.3 Å². The van der Waals surface area contributed by atoms with Crippen LogP contribution in [0.4, 0.5) is 4.39 Å². The number of nitrogens with zero attached hydrogens (tertiary/aromatic N) is 2. The summed E-state index contributed by atoms with van der Waals surface area (Å²) in [5, 5.41) is 1.70. The van der Waals surface area contributed by atoms with Crippen molar-refractivity contribution in [1.29, 1.82) is 0 Å². The van der Waals surface area contributed by atoms with E-state index in [1.807, 2.05) is 36.4 Å². The third-order valence-corrected chi connectivity index (χ3v) is 3.57. The lowest BCUT2D eigenvalue weighted by atomic mass is 10.0. The Kier molecular flexibility index (Phi) is 3.47. The van der Waals surface area contributed by atoms with Crippen LogP contribution in [0.5, 0.6) is 5.75 Å². The first-order valence-electron chi connectivity index (χ1n) is 6.37. The fourth-order valence-electron chi connectivity index (χ4n) is 2.29. The van der Waals surface area contributed by atoms with E-state index in [1.165, 1.54) is 0 Å². The molecule has 0 aliphatic carbocycles. The fourth-order valence-corrected chi connectivity index (χ4v) is 2.51. The molecule has 0 atom stereocenters. The number of aromatic nitrogens is 2. The molecule has 3 rings (SSSR count). The normalized spacial score (nSPS) is 10.9. The van der Waals surface area contributed by atoms with E-state index in [-0.39, 0.29) is 10.8 Å². The predicted molar refractivity (Wildman–Crippen MR) is 81.2 cm³/mol. The summed E-state index contributed by atoms with van der Waals surface area (Å²) in [4.78, 5) is 8.25. The summed E-state index contributed by atoms with van der Waals surface area (Å²) in [5.41, 5.74) is 1.02. The van der Waals surface area contributed by atoms with Gasteiger partial charge in [0.05, 0.1) is 12.8 Å². The van der Waals surface area contributed by atoms with Crippen LogP contribution in [-0.2, 0) is 0 Å². The van der Waals surface area contributed by atoms with Crippen molar-refractivity contribution < 1.29 is 9.13 Å². The summed E-state index contributed by atoms with van der Waals surface area (Å²) in [6.07, 6.45) is 0. The van der Waals surface area contributed by atoms with Crippen LogP contribution in [0.25, 0.3) is 22.2 Å². The van der Waals surface area contributed by atoms with Gasteiger partial charge in [0.1, 0.15) is 5.75 Å². The summed E-state index contributed by atoms with van der Waals surface area (Å²) in [5.74, 6) is 0.579. The molecule has 0 aliphatic rings. The Balaban J connectivity index is 2.31. The Morgan fingerprint density at radius 2 is 1.76 bits per heavy atom.